The van der Waals surface area contributed by atoms with E-state index in [9.17, 15) is 18.8 Å². The van der Waals surface area contributed by atoms with Crippen molar-refractivity contribution in [3.05, 3.63) is 70.2 Å². The first-order valence-electron chi connectivity index (χ1n) is 11.4. The second-order valence-electron chi connectivity index (χ2n) is 8.32. The number of piperidine rings is 1. The SMILES string of the molecule is Cc1sc(N(Cc2cccc(N3CCCCC3)c2)c2ccc(C#N)cc2)nc1C(=O)NCS(=O)[O-]. The second-order valence-corrected chi connectivity index (χ2v) is 10.4. The fourth-order valence-electron chi connectivity index (χ4n) is 4.09. The number of benzene rings is 2. The molecular formula is C25H26N5O3S2-. The van der Waals surface area contributed by atoms with E-state index in [4.69, 9.17) is 0 Å². The van der Waals surface area contributed by atoms with Gasteiger partial charge < -0.3 is 19.7 Å². The lowest BCUT2D eigenvalue weighted by molar-refractivity contribution is 0.0955. The highest BCUT2D eigenvalue weighted by Crippen LogP contribution is 2.34. The number of rotatable bonds is 8. The van der Waals surface area contributed by atoms with Gasteiger partial charge in [0.15, 0.2) is 5.13 Å². The molecule has 182 valence electrons. The van der Waals surface area contributed by atoms with Gasteiger partial charge in [-0.3, -0.25) is 9.00 Å². The standard InChI is InChI=1S/C25H27N5O3S2/c1-18-23(24(31)27-17-35(32)33)28-25(34-18)30(21-10-8-19(15-26)9-11-21)16-20-6-5-7-22(14-20)29-12-3-2-4-13-29/h5-11,14H,2-4,12-13,16-17H2,1H3,(H,27,31)(H,32,33)/p-1. The summed E-state index contributed by atoms with van der Waals surface area (Å²) in [4.78, 5) is 22.2. The average Bonchev–Trinajstić information content (AvgIpc) is 3.28. The molecule has 8 nitrogen and oxygen atoms in total. The summed E-state index contributed by atoms with van der Waals surface area (Å²) in [6.45, 7) is 4.42. The van der Waals surface area contributed by atoms with Crippen LogP contribution in [0.4, 0.5) is 16.5 Å². The zero-order chi connectivity index (χ0) is 24.8. The molecule has 0 saturated carbocycles. The van der Waals surface area contributed by atoms with Crippen LogP contribution in [0.25, 0.3) is 0 Å². The average molecular weight is 509 g/mol. The molecule has 2 heterocycles. The molecule has 0 aliphatic carbocycles. The Morgan fingerprint density at radius 1 is 1.23 bits per heavy atom. The molecule has 1 saturated heterocycles. The number of carbonyl (C=O) groups excluding carboxylic acids is 1. The molecule has 0 bridgehead atoms. The second kappa shape index (κ2) is 11.4. The molecule has 10 heteroatoms. The highest BCUT2D eigenvalue weighted by Gasteiger charge is 2.21. The molecule has 1 fully saturated rings. The predicted molar refractivity (Wildman–Crippen MR) is 138 cm³/mol. The van der Waals surface area contributed by atoms with Crippen LogP contribution in [-0.4, -0.2) is 38.6 Å². The van der Waals surface area contributed by atoms with Gasteiger partial charge in [0.2, 0.25) is 0 Å². The van der Waals surface area contributed by atoms with Crippen molar-refractivity contribution in [1.29, 1.82) is 5.26 Å². The van der Waals surface area contributed by atoms with Crippen molar-refractivity contribution in [1.82, 2.24) is 10.3 Å². The molecule has 1 amide bonds. The van der Waals surface area contributed by atoms with E-state index in [1.807, 2.05) is 17.0 Å². The quantitative estimate of drug-likeness (QED) is 0.453. The monoisotopic (exact) mass is 508 g/mol. The van der Waals surface area contributed by atoms with Crippen molar-refractivity contribution < 1.29 is 13.6 Å². The van der Waals surface area contributed by atoms with Crippen molar-refractivity contribution in [2.45, 2.75) is 32.7 Å². The van der Waals surface area contributed by atoms with E-state index in [0.29, 0.717) is 22.1 Å². The zero-order valence-electron chi connectivity index (χ0n) is 19.4. The number of anilines is 3. The Kier molecular flexibility index (Phi) is 8.13. The van der Waals surface area contributed by atoms with Gasteiger partial charge in [-0.05, 0) is 79.2 Å². The number of hydrogen-bond donors (Lipinski definition) is 1. The Labute approximate surface area is 211 Å². The van der Waals surface area contributed by atoms with Crippen molar-refractivity contribution in [3.63, 3.8) is 0 Å². The third-order valence-corrected chi connectivity index (χ3v) is 7.24. The Morgan fingerprint density at radius 2 is 1.97 bits per heavy atom. The summed E-state index contributed by atoms with van der Waals surface area (Å²) >= 11 is -1.01. The molecule has 1 aliphatic heterocycles. The lowest BCUT2D eigenvalue weighted by atomic mass is 10.1. The fourth-order valence-corrected chi connectivity index (χ4v) is 5.26. The summed E-state index contributed by atoms with van der Waals surface area (Å²) in [6.07, 6.45) is 3.67. The number of aromatic nitrogens is 1. The number of nitriles is 1. The Bertz CT molecular complexity index is 1250. The molecule has 1 aromatic heterocycles. The molecule has 4 rings (SSSR count). The van der Waals surface area contributed by atoms with Gasteiger partial charge in [-0.25, -0.2) is 4.98 Å². The number of hydrogen-bond acceptors (Lipinski definition) is 8. The largest absolute Gasteiger partial charge is 0.771 e. The van der Waals surface area contributed by atoms with Crippen molar-refractivity contribution in [2.75, 3.05) is 28.8 Å². The third-order valence-electron chi connectivity index (χ3n) is 5.86. The van der Waals surface area contributed by atoms with E-state index >= 15 is 0 Å². The van der Waals surface area contributed by atoms with Gasteiger partial charge in [-0.15, -0.1) is 11.3 Å². The van der Waals surface area contributed by atoms with Gasteiger partial charge in [0.05, 0.1) is 24.1 Å². The minimum atomic E-state index is -2.38. The summed E-state index contributed by atoms with van der Waals surface area (Å²) < 4.78 is 21.7. The number of aryl methyl sites for hydroxylation is 1. The Morgan fingerprint density at radius 3 is 2.66 bits per heavy atom. The smallest absolute Gasteiger partial charge is 0.271 e. The number of nitrogens with one attached hydrogen (secondary N) is 1. The van der Waals surface area contributed by atoms with Crippen LogP contribution in [0.5, 0.6) is 0 Å². The molecule has 35 heavy (non-hydrogen) atoms. The number of thiazole rings is 1. The molecule has 0 radical (unpaired) electrons. The van der Waals surface area contributed by atoms with Crippen molar-refractivity contribution >= 4 is 44.8 Å². The van der Waals surface area contributed by atoms with E-state index < -0.39 is 22.9 Å². The van der Waals surface area contributed by atoms with E-state index in [1.54, 1.807) is 19.1 Å². The Hall–Kier alpha value is -3.26. The normalized spacial score (nSPS) is 14.3. The van der Waals surface area contributed by atoms with E-state index in [2.05, 4.69) is 45.5 Å². The summed E-state index contributed by atoms with van der Waals surface area (Å²) in [5.41, 5.74) is 3.90. The number of nitrogens with zero attached hydrogens (tertiary/aromatic N) is 4. The summed E-state index contributed by atoms with van der Waals surface area (Å²) in [5.74, 6) is -0.991. The van der Waals surface area contributed by atoms with Crippen LogP contribution in [0.2, 0.25) is 0 Å². The van der Waals surface area contributed by atoms with Crippen LogP contribution < -0.4 is 15.1 Å². The molecule has 3 aromatic rings. The topological polar surface area (TPSA) is 112 Å². The van der Waals surface area contributed by atoms with Crippen LogP contribution in [0.1, 0.15) is 45.8 Å². The number of carbonyl (C=O) groups is 1. The predicted octanol–water partition coefficient (Wildman–Crippen LogP) is 4.22. The van der Waals surface area contributed by atoms with Gasteiger partial charge in [-0.1, -0.05) is 12.1 Å². The minimum absolute atomic E-state index is 0.205. The third kappa shape index (κ3) is 6.25. The molecular weight excluding hydrogens is 482 g/mol. The molecule has 1 unspecified atom stereocenters. The van der Waals surface area contributed by atoms with Gasteiger partial charge in [0.1, 0.15) is 5.69 Å². The summed E-state index contributed by atoms with van der Waals surface area (Å²) in [7, 11) is 0. The summed E-state index contributed by atoms with van der Waals surface area (Å²) in [5, 5.41) is 12.2. The van der Waals surface area contributed by atoms with Crippen LogP contribution >= 0.6 is 11.3 Å². The van der Waals surface area contributed by atoms with Gasteiger partial charge in [-0.2, -0.15) is 5.26 Å². The lowest BCUT2D eigenvalue weighted by Crippen LogP contribution is -2.29. The van der Waals surface area contributed by atoms with Crippen LogP contribution in [0.3, 0.4) is 0 Å². The molecule has 1 aliphatic rings. The van der Waals surface area contributed by atoms with Crippen molar-refractivity contribution in [3.8, 4) is 6.07 Å². The maximum Gasteiger partial charge on any atom is 0.271 e. The lowest BCUT2D eigenvalue weighted by Gasteiger charge is -2.29. The first kappa shape index (κ1) is 24.9. The maximum absolute atomic E-state index is 12.5. The molecule has 2 aromatic carbocycles. The Balaban J connectivity index is 1.65. The van der Waals surface area contributed by atoms with Crippen molar-refractivity contribution in [2.24, 2.45) is 0 Å². The van der Waals surface area contributed by atoms with E-state index in [0.717, 1.165) is 24.3 Å². The summed E-state index contributed by atoms with van der Waals surface area (Å²) in [6, 6.07) is 17.8. The minimum Gasteiger partial charge on any atom is -0.771 e. The van der Waals surface area contributed by atoms with Gasteiger partial charge in [0.25, 0.3) is 5.91 Å². The fraction of sp³-hybridized carbons (Fsp3) is 0.320. The van der Waals surface area contributed by atoms with E-state index in [-0.39, 0.29) is 5.69 Å². The van der Waals surface area contributed by atoms with E-state index in [1.165, 1.54) is 36.3 Å². The molecule has 1 atom stereocenters. The molecule has 0 spiro atoms. The highest BCUT2D eigenvalue weighted by molar-refractivity contribution is 7.79. The van der Waals surface area contributed by atoms with Gasteiger partial charge in [0, 0.05) is 29.3 Å². The van der Waals surface area contributed by atoms with Crippen LogP contribution in [0.15, 0.2) is 48.5 Å². The molecule has 1 N–H and O–H groups in total. The first-order chi connectivity index (χ1) is 16.9. The zero-order valence-corrected chi connectivity index (χ0v) is 21.0. The first-order valence-corrected chi connectivity index (χ1v) is 13.4. The van der Waals surface area contributed by atoms with Crippen LogP contribution in [0, 0.1) is 18.3 Å². The number of amides is 1. The highest BCUT2D eigenvalue weighted by atomic mass is 32.2. The van der Waals surface area contributed by atoms with Gasteiger partial charge >= 0.3 is 0 Å². The maximum atomic E-state index is 12.5. The van der Waals surface area contributed by atoms with Crippen LogP contribution in [-0.2, 0) is 17.6 Å².